The number of nitrogens with one attached hydrogen (secondary N) is 2. The summed E-state index contributed by atoms with van der Waals surface area (Å²) in [6, 6.07) is 2.19. The lowest BCUT2D eigenvalue weighted by molar-refractivity contribution is -0.188. The van der Waals surface area contributed by atoms with Gasteiger partial charge in [0.05, 0.1) is 6.10 Å². The quantitative estimate of drug-likeness (QED) is 0.878. The van der Waals surface area contributed by atoms with E-state index in [1.54, 1.807) is 0 Å². The van der Waals surface area contributed by atoms with Crippen LogP contribution in [0.2, 0.25) is 0 Å². The summed E-state index contributed by atoms with van der Waals surface area (Å²) in [4.78, 5) is 22.8. The molecule has 1 amide bonds. The predicted molar refractivity (Wildman–Crippen MR) is 70.4 cm³/mol. The van der Waals surface area contributed by atoms with Crippen molar-refractivity contribution in [1.82, 2.24) is 15.5 Å². The topological polar surface area (TPSA) is 84.1 Å². The van der Waals surface area contributed by atoms with Crippen molar-refractivity contribution in [3.8, 4) is 0 Å². The number of aromatic nitrogens is 2. The van der Waals surface area contributed by atoms with Gasteiger partial charge in [-0.25, -0.2) is 5.10 Å². The summed E-state index contributed by atoms with van der Waals surface area (Å²) >= 11 is 0. The molecule has 0 radical (unpaired) electrons. The normalized spacial score (nSPS) is 22.3. The number of alkyl halides is 3. The van der Waals surface area contributed by atoms with Gasteiger partial charge >= 0.3 is 6.18 Å². The molecule has 9 heteroatoms. The molecule has 2 rings (SSSR count). The molecule has 2 N–H and O–H groups in total. The summed E-state index contributed by atoms with van der Waals surface area (Å²) < 4.78 is 41.3. The molecule has 0 aromatic carbocycles. The summed E-state index contributed by atoms with van der Waals surface area (Å²) in [5.74, 6) is -0.474. The monoisotopic (exact) mass is 319 g/mol. The van der Waals surface area contributed by atoms with Crippen molar-refractivity contribution < 1.29 is 22.7 Å². The van der Waals surface area contributed by atoms with Crippen molar-refractivity contribution in [3.05, 3.63) is 28.2 Å². The Kier molecular flexibility index (Phi) is 5.17. The summed E-state index contributed by atoms with van der Waals surface area (Å²) in [6.07, 6.45) is -2.67. The summed E-state index contributed by atoms with van der Waals surface area (Å²) in [7, 11) is 0. The van der Waals surface area contributed by atoms with Crippen LogP contribution in [-0.4, -0.2) is 41.0 Å². The number of rotatable bonds is 4. The fraction of sp³-hybridized carbons (Fsp3) is 0.615. The van der Waals surface area contributed by atoms with Crippen LogP contribution in [0.15, 0.2) is 16.9 Å². The van der Waals surface area contributed by atoms with Crippen molar-refractivity contribution in [3.63, 3.8) is 0 Å². The third-order valence-corrected chi connectivity index (χ3v) is 3.36. The van der Waals surface area contributed by atoms with Gasteiger partial charge in [-0.2, -0.15) is 18.3 Å². The molecule has 0 saturated heterocycles. The Labute approximate surface area is 124 Å². The molecular formula is C13H16F3N3O3. The molecule has 2 atom stereocenters. The van der Waals surface area contributed by atoms with E-state index in [4.69, 9.17) is 4.74 Å². The Hall–Kier alpha value is -1.90. The minimum absolute atomic E-state index is 0.0536. The van der Waals surface area contributed by atoms with E-state index < -0.39 is 30.4 Å². The van der Waals surface area contributed by atoms with Gasteiger partial charge in [0.15, 0.2) is 0 Å². The smallest absolute Gasteiger partial charge is 0.369 e. The van der Waals surface area contributed by atoms with Crippen LogP contribution in [-0.2, 0) is 4.74 Å². The molecule has 6 nitrogen and oxygen atoms in total. The minimum atomic E-state index is -4.35. The van der Waals surface area contributed by atoms with E-state index in [0.29, 0.717) is 25.7 Å². The highest BCUT2D eigenvalue weighted by atomic mass is 19.4. The number of amides is 1. The number of hydrogen-bond donors (Lipinski definition) is 2. The number of H-pyrrole nitrogens is 1. The van der Waals surface area contributed by atoms with Crippen LogP contribution in [0, 0.1) is 0 Å². The number of carbonyl (C=O) groups is 1. The summed E-state index contributed by atoms with van der Waals surface area (Å²) in [5.41, 5.74) is -0.368. The molecule has 22 heavy (non-hydrogen) atoms. The molecule has 122 valence electrons. The van der Waals surface area contributed by atoms with Gasteiger partial charge in [0.25, 0.3) is 11.5 Å². The molecule has 1 aliphatic carbocycles. The maximum absolute atomic E-state index is 12.1. The Morgan fingerprint density at radius 2 is 2.18 bits per heavy atom. The van der Waals surface area contributed by atoms with Crippen LogP contribution in [0.1, 0.15) is 36.2 Å². The van der Waals surface area contributed by atoms with E-state index in [0.717, 1.165) is 0 Å². The van der Waals surface area contributed by atoms with Gasteiger partial charge in [0.1, 0.15) is 12.3 Å². The molecule has 1 heterocycles. The molecule has 0 bridgehead atoms. The van der Waals surface area contributed by atoms with Gasteiger partial charge in [-0.1, -0.05) is 0 Å². The number of halogens is 3. The van der Waals surface area contributed by atoms with Crippen LogP contribution >= 0.6 is 0 Å². The third kappa shape index (κ3) is 5.14. The van der Waals surface area contributed by atoms with E-state index in [9.17, 15) is 22.8 Å². The zero-order valence-electron chi connectivity index (χ0n) is 11.7. The third-order valence-electron chi connectivity index (χ3n) is 3.36. The maximum Gasteiger partial charge on any atom is 0.411 e. The largest absolute Gasteiger partial charge is 0.411 e. The van der Waals surface area contributed by atoms with Crippen molar-refractivity contribution in [2.24, 2.45) is 0 Å². The molecule has 0 unspecified atom stereocenters. The highest BCUT2D eigenvalue weighted by Gasteiger charge is 2.31. The van der Waals surface area contributed by atoms with Gasteiger partial charge in [-0.05, 0) is 31.7 Å². The molecule has 1 saturated carbocycles. The first-order valence-electron chi connectivity index (χ1n) is 6.88. The molecule has 1 aliphatic rings. The van der Waals surface area contributed by atoms with Gasteiger partial charge in [-0.15, -0.1) is 0 Å². The number of carbonyl (C=O) groups excluding carboxylic acids is 1. The van der Waals surface area contributed by atoms with Crippen LogP contribution in [0.25, 0.3) is 0 Å². The molecular weight excluding hydrogens is 303 g/mol. The summed E-state index contributed by atoms with van der Waals surface area (Å²) in [6.45, 7) is -1.28. The first-order chi connectivity index (χ1) is 10.3. The van der Waals surface area contributed by atoms with Gasteiger partial charge in [-0.3, -0.25) is 9.59 Å². The van der Waals surface area contributed by atoms with Crippen molar-refractivity contribution in [1.29, 1.82) is 0 Å². The van der Waals surface area contributed by atoms with E-state index in [-0.39, 0.29) is 11.7 Å². The first kappa shape index (κ1) is 16.5. The lowest BCUT2D eigenvalue weighted by Crippen LogP contribution is -2.41. The number of aromatic amines is 1. The van der Waals surface area contributed by atoms with Crippen molar-refractivity contribution in [2.45, 2.75) is 44.0 Å². The summed E-state index contributed by atoms with van der Waals surface area (Å²) in [5, 5.41) is 8.45. The maximum atomic E-state index is 12.1. The molecule has 0 spiro atoms. The van der Waals surface area contributed by atoms with Crippen molar-refractivity contribution in [2.75, 3.05) is 6.61 Å². The number of ether oxygens (including phenoxy) is 1. The minimum Gasteiger partial charge on any atom is -0.369 e. The van der Waals surface area contributed by atoms with E-state index in [2.05, 4.69) is 15.5 Å². The Bertz CT molecular complexity index is 553. The molecule has 1 aromatic rings. The average molecular weight is 319 g/mol. The first-order valence-corrected chi connectivity index (χ1v) is 6.88. The second kappa shape index (κ2) is 6.91. The second-order valence-electron chi connectivity index (χ2n) is 5.19. The van der Waals surface area contributed by atoms with Gasteiger partial charge in [0.2, 0.25) is 0 Å². The van der Waals surface area contributed by atoms with Gasteiger partial charge < -0.3 is 10.1 Å². The molecule has 0 aliphatic heterocycles. The Morgan fingerprint density at radius 3 is 2.82 bits per heavy atom. The lowest BCUT2D eigenvalue weighted by atomic mass is 9.92. The standard InChI is InChI=1S/C13H16F3N3O3/c14-13(15,16)7-22-9-3-1-2-8(6-9)17-12(21)10-4-5-11(20)19-18-10/h4-5,8-9H,1-3,6-7H2,(H,17,21)(H,19,20)/t8-,9+/m0/s1. The highest BCUT2D eigenvalue weighted by Crippen LogP contribution is 2.24. The lowest BCUT2D eigenvalue weighted by Gasteiger charge is -2.29. The number of nitrogens with zero attached hydrogens (tertiary/aromatic N) is 1. The number of hydrogen-bond acceptors (Lipinski definition) is 4. The second-order valence-corrected chi connectivity index (χ2v) is 5.19. The fourth-order valence-electron chi connectivity index (χ4n) is 2.37. The zero-order chi connectivity index (χ0) is 16.2. The van der Waals surface area contributed by atoms with E-state index in [1.165, 1.54) is 12.1 Å². The predicted octanol–water partition coefficient (Wildman–Crippen LogP) is 1.39. The van der Waals surface area contributed by atoms with E-state index >= 15 is 0 Å². The average Bonchev–Trinajstić information content (AvgIpc) is 2.45. The van der Waals surface area contributed by atoms with Gasteiger partial charge in [0, 0.05) is 12.1 Å². The van der Waals surface area contributed by atoms with Crippen LogP contribution in [0.3, 0.4) is 0 Å². The highest BCUT2D eigenvalue weighted by molar-refractivity contribution is 5.92. The molecule has 1 aromatic heterocycles. The van der Waals surface area contributed by atoms with Crippen LogP contribution in [0.4, 0.5) is 13.2 Å². The Balaban J connectivity index is 1.86. The van der Waals surface area contributed by atoms with Crippen LogP contribution < -0.4 is 10.9 Å². The van der Waals surface area contributed by atoms with Crippen LogP contribution in [0.5, 0.6) is 0 Å². The zero-order valence-corrected chi connectivity index (χ0v) is 11.7. The fourth-order valence-corrected chi connectivity index (χ4v) is 2.37. The van der Waals surface area contributed by atoms with E-state index in [1.807, 2.05) is 0 Å². The SMILES string of the molecule is O=C(N[C@H]1CCC[C@@H](OCC(F)(F)F)C1)c1ccc(=O)[nH]n1. The molecule has 1 fully saturated rings. The Morgan fingerprint density at radius 1 is 1.41 bits per heavy atom. The van der Waals surface area contributed by atoms with Crippen molar-refractivity contribution >= 4 is 5.91 Å².